The molecule has 0 aliphatic carbocycles. The van der Waals surface area contributed by atoms with Gasteiger partial charge in [-0.25, -0.2) is 0 Å². The van der Waals surface area contributed by atoms with E-state index in [0.717, 1.165) is 30.4 Å². The number of furan rings is 1. The largest absolute Gasteiger partial charge is 0.491 e. The molecule has 1 spiro atoms. The summed E-state index contributed by atoms with van der Waals surface area (Å²) in [5, 5.41) is 1.35. The maximum Gasteiger partial charge on any atom is 0.289 e. The Kier molecular flexibility index (Phi) is 6.71. The van der Waals surface area contributed by atoms with E-state index in [0.29, 0.717) is 36.7 Å². The Morgan fingerprint density at radius 1 is 1.06 bits per heavy atom. The SMILES string of the molecule is CN1CCOc2ccccc2CCCCC2(CN(C(=O)c3cc4cc(Cl)ccc4o3)CCO2)C1=O. The summed E-state index contributed by atoms with van der Waals surface area (Å²) in [7, 11) is 1.76. The van der Waals surface area contributed by atoms with Crippen LogP contribution in [-0.2, 0) is 16.0 Å². The third-order valence-electron chi connectivity index (χ3n) is 6.83. The third-order valence-corrected chi connectivity index (χ3v) is 7.07. The molecule has 0 radical (unpaired) electrons. The van der Waals surface area contributed by atoms with Gasteiger partial charge in [0.2, 0.25) is 0 Å². The number of aryl methyl sites for hydroxylation is 1. The standard InChI is InChI=1S/C27H29ClN2O5/c1-29-12-14-33-22-8-3-2-6-19(22)7-4-5-11-27(26(29)32)18-30(13-15-34-27)25(31)24-17-20-16-21(28)9-10-23(20)35-24/h2-3,6,8-10,16-17H,4-5,7,11-15,18H2,1H3. The van der Waals surface area contributed by atoms with Gasteiger partial charge in [0.15, 0.2) is 11.4 Å². The van der Waals surface area contributed by atoms with Gasteiger partial charge in [0.1, 0.15) is 17.9 Å². The average Bonchev–Trinajstić information content (AvgIpc) is 3.29. The van der Waals surface area contributed by atoms with E-state index < -0.39 is 5.60 Å². The van der Waals surface area contributed by atoms with Gasteiger partial charge in [0, 0.05) is 24.0 Å². The summed E-state index contributed by atoms with van der Waals surface area (Å²) >= 11 is 6.08. The number of carbonyl (C=O) groups is 2. The fraction of sp³-hybridized carbons (Fsp3) is 0.407. The van der Waals surface area contributed by atoms with Crippen LogP contribution in [0.25, 0.3) is 11.0 Å². The zero-order valence-electron chi connectivity index (χ0n) is 19.8. The molecule has 0 bridgehead atoms. The topological polar surface area (TPSA) is 72.2 Å². The Morgan fingerprint density at radius 3 is 2.80 bits per heavy atom. The molecule has 8 heteroatoms. The first-order valence-corrected chi connectivity index (χ1v) is 12.4. The van der Waals surface area contributed by atoms with E-state index in [-0.39, 0.29) is 30.7 Å². The Labute approximate surface area is 209 Å². The average molecular weight is 497 g/mol. The van der Waals surface area contributed by atoms with Crippen molar-refractivity contribution in [3.8, 4) is 5.75 Å². The lowest BCUT2D eigenvalue weighted by molar-refractivity contribution is -0.169. The van der Waals surface area contributed by atoms with Gasteiger partial charge >= 0.3 is 0 Å². The van der Waals surface area contributed by atoms with Crippen LogP contribution in [0, 0.1) is 0 Å². The van der Waals surface area contributed by atoms with E-state index in [1.54, 1.807) is 41.1 Å². The predicted octanol–water partition coefficient (Wildman–Crippen LogP) is 4.56. The summed E-state index contributed by atoms with van der Waals surface area (Å²) < 4.78 is 18.0. The minimum absolute atomic E-state index is 0.121. The Morgan fingerprint density at radius 2 is 1.91 bits per heavy atom. The van der Waals surface area contributed by atoms with E-state index >= 15 is 0 Å². The minimum Gasteiger partial charge on any atom is -0.491 e. The second-order valence-corrected chi connectivity index (χ2v) is 9.69. The molecule has 2 aliphatic rings. The second-order valence-electron chi connectivity index (χ2n) is 9.25. The number of rotatable bonds is 1. The van der Waals surface area contributed by atoms with Crippen LogP contribution < -0.4 is 4.74 Å². The molecule has 0 saturated carbocycles. The summed E-state index contributed by atoms with van der Waals surface area (Å²) in [6, 6.07) is 15.0. The van der Waals surface area contributed by atoms with Crippen LogP contribution in [0.3, 0.4) is 0 Å². The molecular weight excluding hydrogens is 468 g/mol. The number of ether oxygens (including phenoxy) is 2. The Bertz CT molecular complexity index is 1240. The van der Waals surface area contributed by atoms with Crippen molar-refractivity contribution in [3.63, 3.8) is 0 Å². The molecule has 1 fully saturated rings. The van der Waals surface area contributed by atoms with Gasteiger partial charge in [-0.1, -0.05) is 29.8 Å². The first-order chi connectivity index (χ1) is 16.9. The lowest BCUT2D eigenvalue weighted by atomic mass is 9.91. The maximum atomic E-state index is 13.6. The van der Waals surface area contributed by atoms with Crippen LogP contribution in [0.4, 0.5) is 0 Å². The molecule has 0 N–H and O–H groups in total. The zero-order chi connectivity index (χ0) is 24.4. The monoisotopic (exact) mass is 496 g/mol. The van der Waals surface area contributed by atoms with Gasteiger partial charge in [-0.15, -0.1) is 0 Å². The number of nitrogens with zero attached hydrogens (tertiary/aromatic N) is 2. The first kappa shape index (κ1) is 23.7. The van der Waals surface area contributed by atoms with Crippen molar-refractivity contribution in [1.29, 1.82) is 0 Å². The molecule has 1 unspecified atom stereocenters. The van der Waals surface area contributed by atoms with Crippen molar-refractivity contribution in [2.24, 2.45) is 0 Å². The van der Waals surface area contributed by atoms with E-state index in [9.17, 15) is 9.59 Å². The number of benzene rings is 2. The molecule has 1 saturated heterocycles. The maximum absolute atomic E-state index is 13.6. The molecule has 1 aromatic heterocycles. The summed E-state index contributed by atoms with van der Waals surface area (Å²) in [5.41, 5.74) is 0.682. The molecule has 2 aromatic carbocycles. The minimum atomic E-state index is -1.09. The molecule has 3 heterocycles. The third kappa shape index (κ3) is 4.88. The highest BCUT2D eigenvalue weighted by Crippen LogP contribution is 2.31. The van der Waals surface area contributed by atoms with Gasteiger partial charge in [0.05, 0.1) is 19.7 Å². The van der Waals surface area contributed by atoms with Gasteiger partial charge < -0.3 is 23.7 Å². The zero-order valence-corrected chi connectivity index (χ0v) is 20.6. The van der Waals surface area contributed by atoms with Crippen LogP contribution in [0.5, 0.6) is 5.75 Å². The number of carbonyl (C=O) groups excluding carboxylic acids is 2. The fourth-order valence-electron chi connectivity index (χ4n) is 4.94. The Hall–Kier alpha value is -3.03. The van der Waals surface area contributed by atoms with Crippen LogP contribution >= 0.6 is 11.6 Å². The van der Waals surface area contributed by atoms with Crippen molar-refractivity contribution in [2.45, 2.75) is 31.3 Å². The smallest absolute Gasteiger partial charge is 0.289 e. The number of hydrogen-bond acceptors (Lipinski definition) is 5. The molecule has 35 heavy (non-hydrogen) atoms. The summed E-state index contributed by atoms with van der Waals surface area (Å²) in [6.45, 7) is 1.68. The van der Waals surface area contributed by atoms with Gasteiger partial charge in [0.25, 0.3) is 11.8 Å². The van der Waals surface area contributed by atoms with Gasteiger partial charge in [-0.05, 0) is 61.6 Å². The van der Waals surface area contributed by atoms with Crippen molar-refractivity contribution in [1.82, 2.24) is 9.80 Å². The molecule has 3 aromatic rings. The number of hydrogen-bond donors (Lipinski definition) is 0. The highest BCUT2D eigenvalue weighted by molar-refractivity contribution is 6.31. The highest BCUT2D eigenvalue weighted by Gasteiger charge is 2.46. The summed E-state index contributed by atoms with van der Waals surface area (Å²) in [4.78, 5) is 30.3. The fourth-order valence-corrected chi connectivity index (χ4v) is 5.12. The number of para-hydroxylation sites is 1. The van der Waals surface area contributed by atoms with Gasteiger partial charge in [-0.3, -0.25) is 9.59 Å². The first-order valence-electron chi connectivity index (χ1n) is 12.0. The van der Waals surface area contributed by atoms with Crippen LogP contribution in [0.15, 0.2) is 52.9 Å². The second kappa shape index (κ2) is 9.91. The lowest BCUT2D eigenvalue weighted by Crippen LogP contribution is -2.61. The molecule has 2 aliphatic heterocycles. The van der Waals surface area contributed by atoms with E-state index in [1.807, 2.05) is 18.2 Å². The lowest BCUT2D eigenvalue weighted by Gasteiger charge is -2.43. The molecule has 5 rings (SSSR count). The molecule has 7 nitrogen and oxygen atoms in total. The molecule has 2 amide bonds. The van der Waals surface area contributed by atoms with Crippen molar-refractivity contribution < 1.29 is 23.5 Å². The highest BCUT2D eigenvalue weighted by atomic mass is 35.5. The van der Waals surface area contributed by atoms with Gasteiger partial charge in [-0.2, -0.15) is 0 Å². The number of morpholine rings is 1. The summed E-state index contributed by atoms with van der Waals surface area (Å²) in [5.74, 6) is 0.738. The van der Waals surface area contributed by atoms with E-state index in [2.05, 4.69) is 6.07 Å². The summed E-state index contributed by atoms with van der Waals surface area (Å²) in [6.07, 6.45) is 3.08. The van der Waals surface area contributed by atoms with E-state index in [4.69, 9.17) is 25.5 Å². The number of likely N-dealkylation sites (N-methyl/N-ethyl adjacent to an activating group) is 1. The number of amides is 2. The van der Waals surface area contributed by atoms with Crippen LogP contribution in [0.1, 0.15) is 35.4 Å². The van der Waals surface area contributed by atoms with Crippen molar-refractivity contribution in [2.75, 3.05) is 39.9 Å². The quantitative estimate of drug-likeness (QED) is 0.494. The van der Waals surface area contributed by atoms with Crippen LogP contribution in [0.2, 0.25) is 5.02 Å². The van der Waals surface area contributed by atoms with Crippen LogP contribution in [-0.4, -0.2) is 67.1 Å². The number of halogens is 1. The normalized spacial score (nSPS) is 21.8. The molecule has 184 valence electrons. The molecule has 1 atom stereocenters. The van der Waals surface area contributed by atoms with Crippen molar-refractivity contribution in [3.05, 3.63) is 64.9 Å². The molecular formula is C27H29ClN2O5. The van der Waals surface area contributed by atoms with E-state index in [1.165, 1.54) is 5.56 Å². The number of fused-ring (bicyclic) bond motifs is 2. The van der Waals surface area contributed by atoms with Crippen molar-refractivity contribution >= 4 is 34.4 Å². The predicted molar refractivity (Wildman–Crippen MR) is 133 cm³/mol. The Balaban J connectivity index is 1.37.